The van der Waals surface area contributed by atoms with Crippen molar-refractivity contribution in [3.05, 3.63) is 59.9 Å². The maximum Gasteiger partial charge on any atom is 0.325 e. The van der Waals surface area contributed by atoms with Gasteiger partial charge in [-0.05, 0) is 48.9 Å². The topological polar surface area (TPSA) is 73.9 Å². The Balaban J connectivity index is 1.62. The van der Waals surface area contributed by atoms with Crippen LogP contribution in [0.25, 0.3) is 0 Å². The fraction of sp³-hybridized carbons (Fsp3) is 0.300. The van der Waals surface area contributed by atoms with Crippen molar-refractivity contribution in [2.75, 3.05) is 26.4 Å². The molecule has 0 aromatic heterocycles. The van der Waals surface area contributed by atoms with Gasteiger partial charge in [-0.2, -0.15) is 0 Å². The number of ether oxygens (including phenoxy) is 3. The highest BCUT2D eigenvalue weighted by Gasteiger charge is 2.09. The molecule has 0 saturated carbocycles. The predicted octanol–water partition coefficient (Wildman–Crippen LogP) is 2.97. The third kappa shape index (κ3) is 7.35. The molecule has 27 heavy (non-hydrogen) atoms. The third-order valence-corrected chi connectivity index (χ3v) is 3.39. The van der Waals surface area contributed by atoms with Crippen LogP contribution < -0.4 is 14.8 Å². The molecule has 7 heteroatoms. The van der Waals surface area contributed by atoms with Gasteiger partial charge in [0.05, 0.1) is 6.61 Å². The smallest absolute Gasteiger partial charge is 0.325 e. The molecule has 0 bridgehead atoms. The summed E-state index contributed by atoms with van der Waals surface area (Å²) in [6.45, 7) is 2.61. The second kappa shape index (κ2) is 10.8. The number of carbonyl (C=O) groups excluding carboxylic acids is 2. The van der Waals surface area contributed by atoms with Crippen molar-refractivity contribution in [3.8, 4) is 11.5 Å². The van der Waals surface area contributed by atoms with Crippen LogP contribution in [0.4, 0.5) is 4.39 Å². The summed E-state index contributed by atoms with van der Waals surface area (Å²) in [5.74, 6) is -0.272. The summed E-state index contributed by atoms with van der Waals surface area (Å²) in [7, 11) is 0. The summed E-state index contributed by atoms with van der Waals surface area (Å²) in [5.41, 5.74) is 0.137. The summed E-state index contributed by atoms with van der Waals surface area (Å²) in [5, 5.41) is 2.37. The molecule has 2 rings (SSSR count). The molecule has 144 valence electrons. The number of benzene rings is 2. The largest absolute Gasteiger partial charge is 0.494 e. The summed E-state index contributed by atoms with van der Waals surface area (Å²) >= 11 is 0. The van der Waals surface area contributed by atoms with Crippen LogP contribution in [-0.4, -0.2) is 38.2 Å². The van der Waals surface area contributed by atoms with Crippen LogP contribution in [0.2, 0.25) is 0 Å². The van der Waals surface area contributed by atoms with E-state index in [2.05, 4.69) is 5.32 Å². The Bertz CT molecular complexity index is 748. The van der Waals surface area contributed by atoms with E-state index in [0.717, 1.165) is 18.2 Å². The van der Waals surface area contributed by atoms with Crippen LogP contribution in [0.3, 0.4) is 0 Å². The maximum absolute atomic E-state index is 13.1. The number of carbonyl (C=O) groups is 2. The van der Waals surface area contributed by atoms with Crippen LogP contribution in [0, 0.1) is 5.82 Å². The van der Waals surface area contributed by atoms with E-state index in [1.165, 1.54) is 18.2 Å². The van der Waals surface area contributed by atoms with Crippen molar-refractivity contribution < 1.29 is 28.2 Å². The number of hydrogen-bond acceptors (Lipinski definition) is 5. The van der Waals surface area contributed by atoms with Crippen molar-refractivity contribution in [1.82, 2.24) is 5.32 Å². The van der Waals surface area contributed by atoms with Crippen LogP contribution in [-0.2, 0) is 9.53 Å². The number of amides is 1. The lowest BCUT2D eigenvalue weighted by molar-refractivity contribution is -0.143. The first-order chi connectivity index (χ1) is 13.1. The number of nitrogens with one attached hydrogen (secondary N) is 1. The van der Waals surface area contributed by atoms with Crippen molar-refractivity contribution in [2.24, 2.45) is 0 Å². The van der Waals surface area contributed by atoms with Gasteiger partial charge in [0.2, 0.25) is 0 Å². The quantitative estimate of drug-likeness (QED) is 0.511. The van der Waals surface area contributed by atoms with Crippen molar-refractivity contribution in [1.29, 1.82) is 0 Å². The predicted molar refractivity (Wildman–Crippen MR) is 97.4 cm³/mol. The molecule has 0 radical (unpaired) electrons. The van der Waals surface area contributed by atoms with E-state index < -0.39 is 17.7 Å². The molecule has 0 atom stereocenters. The zero-order valence-corrected chi connectivity index (χ0v) is 15.1. The van der Waals surface area contributed by atoms with Gasteiger partial charge in [-0.25, -0.2) is 4.39 Å². The lowest BCUT2D eigenvalue weighted by Gasteiger charge is -2.09. The average molecular weight is 375 g/mol. The first-order valence-corrected chi connectivity index (χ1v) is 8.63. The van der Waals surface area contributed by atoms with E-state index >= 15 is 0 Å². The Kier molecular flexibility index (Phi) is 8.09. The lowest BCUT2D eigenvalue weighted by atomic mass is 10.2. The van der Waals surface area contributed by atoms with E-state index in [0.29, 0.717) is 12.4 Å². The molecule has 1 N–H and O–H groups in total. The number of halogens is 1. The van der Waals surface area contributed by atoms with Crippen molar-refractivity contribution >= 4 is 11.9 Å². The van der Waals surface area contributed by atoms with Gasteiger partial charge >= 0.3 is 5.97 Å². The zero-order valence-electron chi connectivity index (χ0n) is 15.1. The van der Waals surface area contributed by atoms with E-state index in [4.69, 9.17) is 14.2 Å². The van der Waals surface area contributed by atoms with Gasteiger partial charge in [0.25, 0.3) is 5.91 Å². The molecule has 0 spiro atoms. The van der Waals surface area contributed by atoms with Crippen molar-refractivity contribution in [2.45, 2.75) is 13.3 Å². The summed E-state index contributed by atoms with van der Waals surface area (Å²) in [6.07, 6.45) is 0.937. The number of esters is 1. The normalized spacial score (nSPS) is 10.1. The van der Waals surface area contributed by atoms with E-state index in [-0.39, 0.29) is 25.3 Å². The van der Waals surface area contributed by atoms with Gasteiger partial charge < -0.3 is 19.5 Å². The molecule has 0 fully saturated rings. The summed E-state index contributed by atoms with van der Waals surface area (Å²) < 4.78 is 29.0. The molecule has 0 heterocycles. The van der Waals surface area contributed by atoms with Gasteiger partial charge in [0, 0.05) is 5.56 Å². The zero-order chi connectivity index (χ0) is 19.5. The van der Waals surface area contributed by atoms with E-state index in [9.17, 15) is 14.0 Å². The minimum atomic E-state index is -0.605. The van der Waals surface area contributed by atoms with E-state index in [1.807, 2.05) is 6.92 Å². The molecule has 0 aliphatic carbocycles. The van der Waals surface area contributed by atoms with Gasteiger partial charge in [-0.15, -0.1) is 0 Å². The molecule has 0 unspecified atom stereocenters. The molecule has 0 aliphatic heterocycles. The van der Waals surface area contributed by atoms with Crippen LogP contribution in [0.1, 0.15) is 23.7 Å². The Morgan fingerprint density at radius 1 is 0.963 bits per heavy atom. The highest BCUT2D eigenvalue weighted by molar-refractivity contribution is 5.95. The third-order valence-electron chi connectivity index (χ3n) is 3.39. The van der Waals surface area contributed by atoms with E-state index in [1.54, 1.807) is 24.3 Å². The second-order valence-corrected chi connectivity index (χ2v) is 5.58. The highest BCUT2D eigenvalue weighted by atomic mass is 19.1. The highest BCUT2D eigenvalue weighted by Crippen LogP contribution is 2.17. The Morgan fingerprint density at radius 2 is 1.63 bits per heavy atom. The first kappa shape index (κ1) is 20.2. The maximum atomic E-state index is 13.1. The minimum absolute atomic E-state index is 0.0444. The second-order valence-electron chi connectivity index (χ2n) is 5.58. The fourth-order valence-corrected chi connectivity index (χ4v) is 2.10. The van der Waals surface area contributed by atoms with Crippen LogP contribution in [0.15, 0.2) is 48.5 Å². The molecule has 2 aromatic rings. The molecule has 6 nitrogen and oxygen atoms in total. The molecule has 2 aromatic carbocycles. The Labute approximate surface area is 157 Å². The lowest BCUT2D eigenvalue weighted by Crippen LogP contribution is -2.31. The fourth-order valence-electron chi connectivity index (χ4n) is 2.10. The van der Waals surface area contributed by atoms with Gasteiger partial charge in [-0.1, -0.05) is 13.0 Å². The molecular weight excluding hydrogens is 353 g/mol. The average Bonchev–Trinajstić information content (AvgIpc) is 2.68. The monoisotopic (exact) mass is 375 g/mol. The standard InChI is InChI=1S/C20H22FNO5/c1-2-10-25-17-6-8-18(9-7-17)26-11-12-27-19(23)14-22-20(24)15-4-3-5-16(21)13-15/h3-9,13H,2,10-12,14H2,1H3,(H,22,24). The number of rotatable bonds is 10. The first-order valence-electron chi connectivity index (χ1n) is 8.63. The van der Waals surface area contributed by atoms with Gasteiger partial charge in [0.15, 0.2) is 0 Å². The van der Waals surface area contributed by atoms with Crippen molar-refractivity contribution in [3.63, 3.8) is 0 Å². The van der Waals surface area contributed by atoms with Gasteiger partial charge in [0.1, 0.15) is 37.1 Å². The SMILES string of the molecule is CCCOc1ccc(OCCOC(=O)CNC(=O)c2cccc(F)c2)cc1. The van der Waals surface area contributed by atoms with Gasteiger partial charge in [-0.3, -0.25) is 9.59 Å². The molecule has 0 aliphatic rings. The summed E-state index contributed by atoms with van der Waals surface area (Å²) in [4.78, 5) is 23.4. The minimum Gasteiger partial charge on any atom is -0.494 e. The Hall–Kier alpha value is -3.09. The number of hydrogen-bond donors (Lipinski definition) is 1. The molecule has 0 saturated heterocycles. The molecular formula is C20H22FNO5. The van der Waals surface area contributed by atoms with Crippen LogP contribution >= 0.6 is 0 Å². The van der Waals surface area contributed by atoms with Crippen LogP contribution in [0.5, 0.6) is 11.5 Å². The Morgan fingerprint density at radius 3 is 2.26 bits per heavy atom. The molecule has 1 amide bonds. The summed E-state index contributed by atoms with van der Waals surface area (Å²) in [6, 6.07) is 12.3.